The highest BCUT2D eigenvalue weighted by molar-refractivity contribution is 7.99. The second-order valence-electron chi connectivity index (χ2n) is 4.99. The number of methoxy groups -OCH3 is 1. The van der Waals surface area contributed by atoms with E-state index >= 15 is 0 Å². The first-order valence-corrected chi connectivity index (χ1v) is 8.11. The Morgan fingerprint density at radius 1 is 1.30 bits per heavy atom. The number of carbonyl (C=O) groups excluding carboxylic acids is 1. The first kappa shape index (κ1) is 17.1. The first-order chi connectivity index (χ1) is 9.58. The molecule has 0 saturated heterocycles. The van der Waals surface area contributed by atoms with Gasteiger partial charge in [0.05, 0.1) is 7.11 Å². The van der Waals surface area contributed by atoms with Gasteiger partial charge in [-0.15, -0.1) is 11.8 Å². The third-order valence-electron chi connectivity index (χ3n) is 3.16. The van der Waals surface area contributed by atoms with Crippen LogP contribution < -0.4 is 5.32 Å². The maximum Gasteiger partial charge on any atom is 0.322 e. The Kier molecular flexibility index (Phi) is 7.70. The van der Waals surface area contributed by atoms with Crippen molar-refractivity contribution in [3.8, 4) is 0 Å². The van der Waals surface area contributed by atoms with E-state index < -0.39 is 0 Å². The molecular formula is C16H25NO2S. The van der Waals surface area contributed by atoms with Crippen LogP contribution in [0.5, 0.6) is 0 Å². The Balaban J connectivity index is 2.44. The van der Waals surface area contributed by atoms with Gasteiger partial charge in [0.2, 0.25) is 0 Å². The Hall–Kier alpha value is -1.00. The third-order valence-corrected chi connectivity index (χ3v) is 4.20. The van der Waals surface area contributed by atoms with Gasteiger partial charge in [-0.05, 0) is 36.6 Å². The second-order valence-corrected chi connectivity index (χ2v) is 6.16. The number of likely N-dealkylation sites (N-methyl/N-ethyl adjacent to an activating group) is 1. The largest absolute Gasteiger partial charge is 0.468 e. The van der Waals surface area contributed by atoms with Crippen molar-refractivity contribution in [1.29, 1.82) is 0 Å². The number of hydrogen-bond acceptors (Lipinski definition) is 4. The van der Waals surface area contributed by atoms with E-state index in [4.69, 9.17) is 4.74 Å². The molecule has 1 aromatic rings. The quantitative estimate of drug-likeness (QED) is 0.589. The third kappa shape index (κ3) is 5.55. The van der Waals surface area contributed by atoms with E-state index in [1.807, 2.05) is 6.92 Å². The zero-order valence-electron chi connectivity index (χ0n) is 12.8. The fourth-order valence-corrected chi connectivity index (χ4v) is 2.85. The highest BCUT2D eigenvalue weighted by atomic mass is 32.2. The van der Waals surface area contributed by atoms with Gasteiger partial charge in [0.1, 0.15) is 6.04 Å². The van der Waals surface area contributed by atoms with Crippen LogP contribution in [0.3, 0.4) is 0 Å². The minimum Gasteiger partial charge on any atom is -0.468 e. The lowest BCUT2D eigenvalue weighted by Gasteiger charge is -2.15. The summed E-state index contributed by atoms with van der Waals surface area (Å²) >= 11 is 1.78. The zero-order valence-corrected chi connectivity index (χ0v) is 13.6. The SMILES string of the molecule is CCNC(CCSc1ccc(C(C)C)cc1)C(=O)OC. The van der Waals surface area contributed by atoms with E-state index in [0.717, 1.165) is 18.7 Å². The maximum atomic E-state index is 11.6. The minimum atomic E-state index is -0.201. The molecule has 0 bridgehead atoms. The van der Waals surface area contributed by atoms with Crippen molar-refractivity contribution in [2.24, 2.45) is 0 Å². The minimum absolute atomic E-state index is 0.178. The lowest BCUT2D eigenvalue weighted by atomic mass is 10.0. The number of nitrogens with one attached hydrogen (secondary N) is 1. The lowest BCUT2D eigenvalue weighted by molar-refractivity contribution is -0.143. The van der Waals surface area contributed by atoms with Crippen LogP contribution in [0.15, 0.2) is 29.2 Å². The van der Waals surface area contributed by atoms with E-state index in [-0.39, 0.29) is 12.0 Å². The highest BCUT2D eigenvalue weighted by Gasteiger charge is 2.17. The summed E-state index contributed by atoms with van der Waals surface area (Å²) in [7, 11) is 1.43. The van der Waals surface area contributed by atoms with Gasteiger partial charge in [-0.2, -0.15) is 0 Å². The molecule has 0 saturated carbocycles. The molecule has 0 spiro atoms. The normalized spacial score (nSPS) is 12.4. The van der Waals surface area contributed by atoms with Gasteiger partial charge in [0.15, 0.2) is 0 Å². The highest BCUT2D eigenvalue weighted by Crippen LogP contribution is 2.22. The molecule has 0 radical (unpaired) electrons. The van der Waals surface area contributed by atoms with E-state index in [1.54, 1.807) is 11.8 Å². The van der Waals surface area contributed by atoms with Crippen LogP contribution in [0.2, 0.25) is 0 Å². The summed E-state index contributed by atoms with van der Waals surface area (Å²) in [6.45, 7) is 7.15. The summed E-state index contributed by atoms with van der Waals surface area (Å²) in [5, 5.41) is 3.16. The van der Waals surface area contributed by atoms with Crippen LogP contribution in [0.1, 0.15) is 38.7 Å². The number of ether oxygens (including phenoxy) is 1. The van der Waals surface area contributed by atoms with Crippen molar-refractivity contribution < 1.29 is 9.53 Å². The monoisotopic (exact) mass is 295 g/mol. The number of thioether (sulfide) groups is 1. The fourth-order valence-electron chi connectivity index (χ4n) is 1.94. The van der Waals surface area contributed by atoms with Gasteiger partial charge in [-0.3, -0.25) is 4.79 Å². The molecule has 3 nitrogen and oxygen atoms in total. The van der Waals surface area contributed by atoms with E-state index in [1.165, 1.54) is 17.6 Å². The number of benzene rings is 1. The number of rotatable bonds is 8. The zero-order chi connectivity index (χ0) is 15.0. The van der Waals surface area contributed by atoms with Crippen LogP contribution in [-0.2, 0) is 9.53 Å². The molecule has 1 rings (SSSR count). The summed E-state index contributed by atoms with van der Waals surface area (Å²) in [4.78, 5) is 12.8. The van der Waals surface area contributed by atoms with Gasteiger partial charge >= 0.3 is 5.97 Å². The predicted octanol–water partition coefficient (Wildman–Crippen LogP) is 3.44. The average Bonchev–Trinajstić information content (AvgIpc) is 2.46. The van der Waals surface area contributed by atoms with Gasteiger partial charge < -0.3 is 10.1 Å². The van der Waals surface area contributed by atoms with Crippen molar-refractivity contribution in [1.82, 2.24) is 5.32 Å². The molecule has 1 atom stereocenters. The molecule has 1 N–H and O–H groups in total. The standard InChI is InChI=1S/C16H25NO2S/c1-5-17-15(16(18)19-4)10-11-20-14-8-6-13(7-9-14)12(2)3/h6-9,12,15,17H,5,10-11H2,1-4H3. The molecule has 0 aliphatic rings. The lowest BCUT2D eigenvalue weighted by Crippen LogP contribution is -2.37. The molecule has 0 amide bonds. The molecule has 0 aliphatic carbocycles. The smallest absolute Gasteiger partial charge is 0.322 e. The molecule has 112 valence electrons. The number of esters is 1. The van der Waals surface area contributed by atoms with E-state index in [2.05, 4.69) is 43.4 Å². The van der Waals surface area contributed by atoms with Crippen LogP contribution in [0.25, 0.3) is 0 Å². The predicted molar refractivity (Wildman–Crippen MR) is 85.4 cm³/mol. The molecule has 4 heteroatoms. The summed E-state index contributed by atoms with van der Waals surface area (Å²) in [5.74, 6) is 1.28. The molecular weight excluding hydrogens is 270 g/mol. The summed E-state index contributed by atoms with van der Waals surface area (Å²) in [5.41, 5.74) is 1.36. The number of carbonyl (C=O) groups is 1. The average molecular weight is 295 g/mol. The Bertz CT molecular complexity index is 403. The first-order valence-electron chi connectivity index (χ1n) is 7.12. The van der Waals surface area contributed by atoms with Crippen molar-refractivity contribution in [3.63, 3.8) is 0 Å². The van der Waals surface area contributed by atoms with Gasteiger partial charge in [-0.25, -0.2) is 0 Å². The van der Waals surface area contributed by atoms with Crippen LogP contribution in [-0.4, -0.2) is 31.4 Å². The van der Waals surface area contributed by atoms with Gasteiger partial charge in [0.25, 0.3) is 0 Å². The van der Waals surface area contributed by atoms with Crippen LogP contribution >= 0.6 is 11.8 Å². The summed E-state index contributed by atoms with van der Waals surface area (Å²) in [6, 6.07) is 8.46. The molecule has 1 aromatic carbocycles. The van der Waals surface area contributed by atoms with Gasteiger partial charge in [0, 0.05) is 10.6 Å². The topological polar surface area (TPSA) is 38.3 Å². The molecule has 1 unspecified atom stereocenters. The summed E-state index contributed by atoms with van der Waals surface area (Å²) in [6.07, 6.45) is 0.775. The van der Waals surface area contributed by atoms with Crippen molar-refractivity contribution in [2.45, 2.75) is 44.0 Å². The van der Waals surface area contributed by atoms with Gasteiger partial charge in [-0.1, -0.05) is 32.9 Å². The molecule has 0 heterocycles. The Morgan fingerprint density at radius 2 is 1.95 bits per heavy atom. The van der Waals surface area contributed by atoms with E-state index in [9.17, 15) is 4.79 Å². The molecule has 0 aliphatic heterocycles. The fraction of sp³-hybridized carbons (Fsp3) is 0.562. The summed E-state index contributed by atoms with van der Waals surface area (Å²) < 4.78 is 4.80. The van der Waals surface area contributed by atoms with Crippen molar-refractivity contribution in [2.75, 3.05) is 19.4 Å². The molecule has 0 aromatic heterocycles. The van der Waals surface area contributed by atoms with Crippen LogP contribution in [0.4, 0.5) is 0 Å². The molecule has 20 heavy (non-hydrogen) atoms. The Morgan fingerprint density at radius 3 is 2.45 bits per heavy atom. The molecule has 0 fully saturated rings. The second kappa shape index (κ2) is 9.03. The van der Waals surface area contributed by atoms with Crippen LogP contribution in [0, 0.1) is 0 Å². The maximum absolute atomic E-state index is 11.6. The Labute approximate surface area is 126 Å². The van der Waals surface area contributed by atoms with E-state index in [0.29, 0.717) is 5.92 Å². The number of hydrogen-bond donors (Lipinski definition) is 1. The van der Waals surface area contributed by atoms with Crippen molar-refractivity contribution >= 4 is 17.7 Å². The van der Waals surface area contributed by atoms with Crippen molar-refractivity contribution in [3.05, 3.63) is 29.8 Å².